The van der Waals surface area contributed by atoms with Crippen molar-refractivity contribution in [1.29, 1.82) is 0 Å². The minimum Gasteiger partial charge on any atom is -0.478 e. The topological polar surface area (TPSA) is 84.8 Å². The fraction of sp³-hybridized carbons (Fsp3) is 0.167. The fourth-order valence-corrected chi connectivity index (χ4v) is 3.05. The highest BCUT2D eigenvalue weighted by Gasteiger charge is 2.21. The summed E-state index contributed by atoms with van der Waals surface area (Å²) in [5.41, 5.74) is 2.57. The Hall–Kier alpha value is -3.15. The molecule has 6 nitrogen and oxygen atoms in total. The smallest absolute Gasteiger partial charge is 0.337 e. The number of carbonyl (C=O) groups is 1. The number of furan rings is 1. The zero-order chi connectivity index (χ0) is 16.7. The summed E-state index contributed by atoms with van der Waals surface area (Å²) in [5, 5.41) is 9.10. The van der Waals surface area contributed by atoms with Crippen molar-refractivity contribution >= 4 is 23.3 Å². The van der Waals surface area contributed by atoms with Crippen LogP contribution in [0.15, 0.2) is 45.9 Å². The van der Waals surface area contributed by atoms with Crippen LogP contribution in [0.1, 0.15) is 40.2 Å². The van der Waals surface area contributed by atoms with Gasteiger partial charge in [0.1, 0.15) is 11.4 Å². The van der Waals surface area contributed by atoms with Crippen LogP contribution in [-0.2, 0) is 6.42 Å². The molecule has 6 heteroatoms. The van der Waals surface area contributed by atoms with E-state index in [-0.39, 0.29) is 11.1 Å². The summed E-state index contributed by atoms with van der Waals surface area (Å²) in [4.78, 5) is 28.5. The van der Waals surface area contributed by atoms with Gasteiger partial charge in [-0.1, -0.05) is 0 Å². The number of nitrogens with zero attached hydrogens (tertiary/aromatic N) is 2. The van der Waals surface area contributed by atoms with Crippen LogP contribution >= 0.6 is 0 Å². The third-order valence-electron chi connectivity index (χ3n) is 4.20. The number of carboxylic acid groups (broad SMARTS) is 1. The maximum absolute atomic E-state index is 12.8. The molecule has 4 rings (SSSR count). The van der Waals surface area contributed by atoms with Gasteiger partial charge >= 0.3 is 5.97 Å². The molecule has 120 valence electrons. The second-order valence-electron chi connectivity index (χ2n) is 5.73. The Balaban J connectivity index is 1.94. The van der Waals surface area contributed by atoms with E-state index in [1.807, 2.05) is 18.2 Å². The van der Waals surface area contributed by atoms with Crippen molar-refractivity contribution in [1.82, 2.24) is 9.38 Å². The quantitative estimate of drug-likeness (QED) is 0.784. The maximum atomic E-state index is 12.8. The number of aromatic nitrogens is 2. The minimum absolute atomic E-state index is 0.0634. The Morgan fingerprint density at radius 2 is 2.17 bits per heavy atom. The molecule has 0 aliphatic heterocycles. The molecule has 1 aliphatic rings. The Labute approximate surface area is 136 Å². The first-order valence-corrected chi connectivity index (χ1v) is 7.66. The normalized spacial score (nSPS) is 15.6. The van der Waals surface area contributed by atoms with Crippen LogP contribution < -0.4 is 5.56 Å². The second kappa shape index (κ2) is 5.49. The number of aromatic carboxylic acids is 1. The van der Waals surface area contributed by atoms with Gasteiger partial charge < -0.3 is 9.52 Å². The van der Waals surface area contributed by atoms with Crippen LogP contribution in [0.3, 0.4) is 0 Å². The highest BCUT2D eigenvalue weighted by molar-refractivity contribution is 5.87. The molecule has 0 aromatic carbocycles. The van der Waals surface area contributed by atoms with Crippen molar-refractivity contribution in [2.75, 3.05) is 0 Å². The van der Waals surface area contributed by atoms with Gasteiger partial charge in [-0.2, -0.15) is 0 Å². The lowest BCUT2D eigenvalue weighted by molar-refractivity contribution is 0.0696. The van der Waals surface area contributed by atoms with Crippen LogP contribution in [0.25, 0.3) is 17.3 Å². The first kappa shape index (κ1) is 14.4. The van der Waals surface area contributed by atoms with Crippen LogP contribution in [-0.4, -0.2) is 20.5 Å². The van der Waals surface area contributed by atoms with Crippen molar-refractivity contribution in [2.24, 2.45) is 0 Å². The lowest BCUT2D eigenvalue weighted by atomic mass is 9.91. The monoisotopic (exact) mass is 322 g/mol. The Morgan fingerprint density at radius 3 is 2.92 bits per heavy atom. The van der Waals surface area contributed by atoms with Gasteiger partial charge in [-0.05, 0) is 55.2 Å². The largest absolute Gasteiger partial charge is 0.478 e. The number of rotatable bonds is 2. The maximum Gasteiger partial charge on any atom is 0.337 e. The summed E-state index contributed by atoms with van der Waals surface area (Å²) < 4.78 is 6.68. The molecule has 1 aliphatic carbocycles. The lowest BCUT2D eigenvalue weighted by Gasteiger charge is -2.18. The van der Waals surface area contributed by atoms with Crippen molar-refractivity contribution < 1.29 is 14.3 Å². The molecule has 3 aromatic rings. The van der Waals surface area contributed by atoms with E-state index in [1.165, 1.54) is 16.7 Å². The average Bonchev–Trinajstić information content (AvgIpc) is 3.08. The molecule has 0 atom stereocenters. The predicted octanol–water partition coefficient (Wildman–Crippen LogP) is 2.86. The molecular weight excluding hydrogens is 308 g/mol. The lowest BCUT2D eigenvalue weighted by Crippen LogP contribution is -2.25. The summed E-state index contributed by atoms with van der Waals surface area (Å²) in [6.07, 6.45) is 7.15. The molecule has 3 aromatic heterocycles. The minimum atomic E-state index is -1.07. The average molecular weight is 322 g/mol. The number of hydrogen-bond acceptors (Lipinski definition) is 4. The molecule has 0 unspecified atom stereocenters. The number of hydrogen-bond donors (Lipinski definition) is 1. The fourth-order valence-electron chi connectivity index (χ4n) is 3.05. The van der Waals surface area contributed by atoms with Gasteiger partial charge in [0.05, 0.1) is 17.5 Å². The molecular formula is C18H14N2O4. The van der Waals surface area contributed by atoms with Crippen LogP contribution in [0.4, 0.5) is 0 Å². The summed E-state index contributed by atoms with van der Waals surface area (Å²) in [7, 11) is 0. The third kappa shape index (κ3) is 2.32. The highest BCUT2D eigenvalue weighted by Crippen LogP contribution is 2.29. The van der Waals surface area contributed by atoms with Crippen LogP contribution in [0.2, 0.25) is 0 Å². The SMILES string of the molecule is O=C(O)c1ccc2nc3c(c(=O)n2c1)CCCC3=Cc1ccco1. The van der Waals surface area contributed by atoms with E-state index in [1.54, 1.807) is 12.3 Å². The summed E-state index contributed by atoms with van der Waals surface area (Å²) >= 11 is 0. The van der Waals surface area contributed by atoms with E-state index >= 15 is 0 Å². The van der Waals surface area contributed by atoms with E-state index in [0.717, 1.165) is 24.2 Å². The summed E-state index contributed by atoms with van der Waals surface area (Å²) in [6.45, 7) is 0. The van der Waals surface area contributed by atoms with E-state index in [2.05, 4.69) is 4.98 Å². The summed E-state index contributed by atoms with van der Waals surface area (Å²) in [6, 6.07) is 6.68. The van der Waals surface area contributed by atoms with Gasteiger partial charge in [0.15, 0.2) is 0 Å². The standard InChI is InChI=1S/C18H14N2O4/c21-17-14-5-1-3-11(9-13-4-2-8-24-13)16(14)19-15-7-6-12(18(22)23)10-20(15)17/h2,4,6-10H,1,3,5H2,(H,22,23). The zero-order valence-electron chi connectivity index (χ0n) is 12.7. The second-order valence-corrected chi connectivity index (χ2v) is 5.73. The van der Waals surface area contributed by atoms with E-state index in [4.69, 9.17) is 9.52 Å². The number of fused-ring (bicyclic) bond motifs is 2. The van der Waals surface area contributed by atoms with E-state index < -0.39 is 5.97 Å². The Kier molecular flexibility index (Phi) is 3.30. The molecule has 1 N–H and O–H groups in total. The van der Waals surface area contributed by atoms with Gasteiger partial charge in [-0.25, -0.2) is 9.78 Å². The molecule has 0 saturated carbocycles. The van der Waals surface area contributed by atoms with Gasteiger partial charge in [-0.3, -0.25) is 9.20 Å². The Morgan fingerprint density at radius 1 is 1.29 bits per heavy atom. The van der Waals surface area contributed by atoms with E-state index in [0.29, 0.717) is 23.3 Å². The van der Waals surface area contributed by atoms with Gasteiger partial charge in [0.2, 0.25) is 0 Å². The van der Waals surface area contributed by atoms with Crippen LogP contribution in [0, 0.1) is 0 Å². The number of allylic oxidation sites excluding steroid dienone is 1. The van der Waals surface area contributed by atoms with Gasteiger partial charge in [-0.15, -0.1) is 0 Å². The first-order valence-electron chi connectivity index (χ1n) is 7.66. The van der Waals surface area contributed by atoms with Gasteiger partial charge in [0.25, 0.3) is 5.56 Å². The van der Waals surface area contributed by atoms with Crippen molar-refractivity contribution in [3.8, 4) is 0 Å². The molecule has 0 saturated heterocycles. The highest BCUT2D eigenvalue weighted by atomic mass is 16.4. The Bertz CT molecular complexity index is 1030. The number of carboxylic acids is 1. The third-order valence-corrected chi connectivity index (χ3v) is 4.20. The first-order chi connectivity index (χ1) is 11.6. The molecule has 0 spiro atoms. The predicted molar refractivity (Wildman–Crippen MR) is 87.9 cm³/mol. The summed E-state index contributed by atoms with van der Waals surface area (Å²) in [5.74, 6) is -0.346. The van der Waals surface area contributed by atoms with Crippen molar-refractivity contribution in [3.05, 3.63) is 69.7 Å². The zero-order valence-corrected chi connectivity index (χ0v) is 12.7. The molecule has 0 bridgehead atoms. The molecule has 0 fully saturated rings. The molecule has 3 heterocycles. The molecule has 0 radical (unpaired) electrons. The van der Waals surface area contributed by atoms with E-state index in [9.17, 15) is 9.59 Å². The van der Waals surface area contributed by atoms with Crippen LogP contribution in [0.5, 0.6) is 0 Å². The molecule has 0 amide bonds. The van der Waals surface area contributed by atoms with Crippen molar-refractivity contribution in [2.45, 2.75) is 19.3 Å². The molecule has 24 heavy (non-hydrogen) atoms. The number of pyridine rings is 1. The van der Waals surface area contributed by atoms with Gasteiger partial charge in [0, 0.05) is 11.8 Å². The van der Waals surface area contributed by atoms with Crippen molar-refractivity contribution in [3.63, 3.8) is 0 Å².